The van der Waals surface area contributed by atoms with E-state index in [9.17, 15) is 4.79 Å². The van der Waals surface area contributed by atoms with Crippen molar-refractivity contribution in [3.8, 4) is 6.07 Å². The van der Waals surface area contributed by atoms with E-state index in [4.69, 9.17) is 5.26 Å². The largest absolute Gasteiger partial charge is 0.298 e. The van der Waals surface area contributed by atoms with E-state index in [0.717, 1.165) is 12.8 Å². The number of Topliss-reactive ketones (excluding diaryl/α,β-unsaturated/α-hetero) is 1. The summed E-state index contributed by atoms with van der Waals surface area (Å²) in [5, 5.41) is 8.27. The minimum absolute atomic E-state index is 0.132. The Labute approximate surface area is 48.1 Å². The Bertz CT molecular complexity index is 145. The molecule has 1 fully saturated rings. The first-order valence-corrected chi connectivity index (χ1v) is 2.77. The lowest BCUT2D eigenvalue weighted by Gasteiger charge is -1.87. The molecule has 1 rings (SSSR count). The van der Waals surface area contributed by atoms with E-state index in [1.54, 1.807) is 0 Å². The smallest absolute Gasteiger partial charge is 0.149 e. The molecular formula is C6H7NO. The molecule has 1 aliphatic carbocycles. The SMILES string of the molecule is N#C[C@H]1CCCC1=O. The summed E-state index contributed by atoms with van der Waals surface area (Å²) in [5.74, 6) is -0.137. The molecule has 0 bridgehead atoms. The fourth-order valence-electron chi connectivity index (χ4n) is 0.952. The first-order chi connectivity index (χ1) is 3.84. The Morgan fingerprint density at radius 1 is 1.75 bits per heavy atom. The molecular weight excluding hydrogens is 102 g/mol. The van der Waals surface area contributed by atoms with Gasteiger partial charge in [0.2, 0.25) is 0 Å². The van der Waals surface area contributed by atoms with E-state index in [0.29, 0.717) is 6.42 Å². The highest BCUT2D eigenvalue weighted by molar-refractivity contribution is 5.85. The molecule has 0 spiro atoms. The van der Waals surface area contributed by atoms with Crippen LogP contribution in [-0.4, -0.2) is 5.78 Å². The fourth-order valence-corrected chi connectivity index (χ4v) is 0.952. The molecule has 1 saturated carbocycles. The van der Waals surface area contributed by atoms with Gasteiger partial charge in [0, 0.05) is 6.42 Å². The molecule has 0 heterocycles. The standard InChI is InChI=1S/C6H7NO/c7-4-5-2-1-3-6(5)8/h5H,1-3H2/t5-/m1/s1. The summed E-state index contributed by atoms with van der Waals surface area (Å²) in [5.41, 5.74) is 0. The van der Waals surface area contributed by atoms with Gasteiger partial charge >= 0.3 is 0 Å². The van der Waals surface area contributed by atoms with Crippen LogP contribution in [0.4, 0.5) is 0 Å². The number of carbonyl (C=O) groups excluding carboxylic acids is 1. The van der Waals surface area contributed by atoms with Crippen molar-refractivity contribution in [2.24, 2.45) is 5.92 Å². The van der Waals surface area contributed by atoms with Gasteiger partial charge in [0.25, 0.3) is 0 Å². The second-order valence-electron chi connectivity index (χ2n) is 2.04. The maximum Gasteiger partial charge on any atom is 0.149 e. The molecule has 0 aromatic carbocycles. The van der Waals surface area contributed by atoms with Crippen LogP contribution < -0.4 is 0 Å². The van der Waals surface area contributed by atoms with E-state index in [-0.39, 0.29) is 11.7 Å². The van der Waals surface area contributed by atoms with Crippen LogP contribution in [0.3, 0.4) is 0 Å². The predicted molar refractivity (Wildman–Crippen MR) is 28.0 cm³/mol. The van der Waals surface area contributed by atoms with Crippen molar-refractivity contribution in [2.75, 3.05) is 0 Å². The summed E-state index contributed by atoms with van der Waals surface area (Å²) < 4.78 is 0. The molecule has 2 heteroatoms. The number of nitrogens with zero attached hydrogens (tertiary/aromatic N) is 1. The molecule has 0 saturated heterocycles. The van der Waals surface area contributed by atoms with E-state index in [1.807, 2.05) is 6.07 Å². The number of hydrogen-bond donors (Lipinski definition) is 0. The van der Waals surface area contributed by atoms with Gasteiger partial charge in [-0.25, -0.2) is 0 Å². The van der Waals surface area contributed by atoms with Gasteiger partial charge in [0.1, 0.15) is 11.7 Å². The normalized spacial score (nSPS) is 27.9. The first kappa shape index (κ1) is 5.30. The number of nitriles is 1. The highest BCUT2D eigenvalue weighted by Gasteiger charge is 2.23. The molecule has 0 radical (unpaired) electrons. The van der Waals surface area contributed by atoms with Gasteiger partial charge in [-0.2, -0.15) is 5.26 Å². The molecule has 1 atom stereocenters. The van der Waals surface area contributed by atoms with Crippen molar-refractivity contribution < 1.29 is 4.79 Å². The number of hydrogen-bond acceptors (Lipinski definition) is 2. The summed E-state index contributed by atoms with van der Waals surface area (Å²) >= 11 is 0. The second-order valence-corrected chi connectivity index (χ2v) is 2.04. The minimum atomic E-state index is -0.269. The van der Waals surface area contributed by atoms with Crippen LogP contribution in [0.2, 0.25) is 0 Å². The van der Waals surface area contributed by atoms with Crippen LogP contribution in [0, 0.1) is 17.2 Å². The zero-order valence-electron chi connectivity index (χ0n) is 4.55. The molecule has 8 heavy (non-hydrogen) atoms. The third-order valence-electron chi connectivity index (χ3n) is 1.46. The van der Waals surface area contributed by atoms with Gasteiger partial charge in [-0.3, -0.25) is 4.79 Å². The number of ketones is 1. The van der Waals surface area contributed by atoms with Crippen LogP contribution in [0.15, 0.2) is 0 Å². The van der Waals surface area contributed by atoms with E-state index < -0.39 is 0 Å². The highest BCUT2D eigenvalue weighted by atomic mass is 16.1. The summed E-state index contributed by atoms with van der Waals surface area (Å²) in [4.78, 5) is 10.6. The maximum atomic E-state index is 10.6. The van der Waals surface area contributed by atoms with Gasteiger partial charge in [0.15, 0.2) is 0 Å². The minimum Gasteiger partial charge on any atom is -0.298 e. The Balaban J connectivity index is 2.58. The van der Waals surface area contributed by atoms with Crippen molar-refractivity contribution in [3.63, 3.8) is 0 Å². The van der Waals surface area contributed by atoms with Crippen molar-refractivity contribution in [2.45, 2.75) is 19.3 Å². The fraction of sp³-hybridized carbons (Fsp3) is 0.667. The lowest BCUT2D eigenvalue weighted by molar-refractivity contribution is -0.119. The van der Waals surface area contributed by atoms with Crippen molar-refractivity contribution in [1.29, 1.82) is 5.26 Å². The Hall–Kier alpha value is -0.840. The lowest BCUT2D eigenvalue weighted by Crippen LogP contribution is -2.01. The van der Waals surface area contributed by atoms with Gasteiger partial charge < -0.3 is 0 Å². The molecule has 0 aliphatic heterocycles. The zero-order chi connectivity index (χ0) is 5.98. The molecule has 0 N–H and O–H groups in total. The second kappa shape index (κ2) is 1.95. The molecule has 0 aromatic rings. The molecule has 0 unspecified atom stereocenters. The predicted octanol–water partition coefficient (Wildman–Crippen LogP) is 0.879. The van der Waals surface area contributed by atoms with Crippen molar-refractivity contribution in [3.05, 3.63) is 0 Å². The third kappa shape index (κ3) is 0.717. The van der Waals surface area contributed by atoms with E-state index in [2.05, 4.69) is 0 Å². The Morgan fingerprint density at radius 2 is 2.50 bits per heavy atom. The van der Waals surface area contributed by atoms with Gasteiger partial charge in [-0.1, -0.05) is 0 Å². The molecule has 42 valence electrons. The summed E-state index contributed by atoms with van der Waals surface area (Å²) in [6, 6.07) is 1.96. The summed E-state index contributed by atoms with van der Waals surface area (Å²) in [7, 11) is 0. The van der Waals surface area contributed by atoms with Crippen molar-refractivity contribution in [1.82, 2.24) is 0 Å². The summed E-state index contributed by atoms with van der Waals surface area (Å²) in [6.45, 7) is 0. The Morgan fingerprint density at radius 3 is 2.75 bits per heavy atom. The molecule has 2 nitrogen and oxygen atoms in total. The lowest BCUT2D eigenvalue weighted by atomic mass is 10.1. The van der Waals surface area contributed by atoms with E-state index in [1.165, 1.54) is 0 Å². The van der Waals surface area contributed by atoms with Crippen LogP contribution in [0.25, 0.3) is 0 Å². The molecule has 1 aliphatic rings. The summed E-state index contributed by atoms with van der Waals surface area (Å²) in [6.07, 6.45) is 2.32. The van der Waals surface area contributed by atoms with Gasteiger partial charge in [-0.05, 0) is 12.8 Å². The topological polar surface area (TPSA) is 40.9 Å². The van der Waals surface area contributed by atoms with E-state index >= 15 is 0 Å². The zero-order valence-corrected chi connectivity index (χ0v) is 4.55. The average Bonchev–Trinajstić information content (AvgIpc) is 2.14. The van der Waals surface area contributed by atoms with Crippen LogP contribution in [0.5, 0.6) is 0 Å². The number of carbonyl (C=O) groups is 1. The van der Waals surface area contributed by atoms with Gasteiger partial charge in [-0.15, -0.1) is 0 Å². The Kier molecular flexibility index (Phi) is 1.29. The number of rotatable bonds is 0. The van der Waals surface area contributed by atoms with Crippen molar-refractivity contribution >= 4 is 5.78 Å². The highest BCUT2D eigenvalue weighted by Crippen LogP contribution is 2.19. The van der Waals surface area contributed by atoms with Crippen LogP contribution in [-0.2, 0) is 4.79 Å². The van der Waals surface area contributed by atoms with Crippen LogP contribution >= 0.6 is 0 Å². The molecule has 0 aromatic heterocycles. The molecule has 0 amide bonds. The monoisotopic (exact) mass is 109 g/mol. The quantitative estimate of drug-likeness (QED) is 0.463. The third-order valence-corrected chi connectivity index (χ3v) is 1.46. The average molecular weight is 109 g/mol. The maximum absolute atomic E-state index is 10.6. The first-order valence-electron chi connectivity index (χ1n) is 2.77. The van der Waals surface area contributed by atoms with Gasteiger partial charge in [0.05, 0.1) is 6.07 Å². The van der Waals surface area contributed by atoms with Crippen LogP contribution in [0.1, 0.15) is 19.3 Å².